The van der Waals surface area contributed by atoms with Crippen molar-refractivity contribution in [2.75, 3.05) is 0 Å². The van der Waals surface area contributed by atoms with Crippen molar-refractivity contribution in [3.8, 4) is 0 Å². The number of hydrogen-bond donors (Lipinski definition) is 0. The van der Waals surface area contributed by atoms with E-state index in [2.05, 4.69) is 0 Å². The van der Waals surface area contributed by atoms with Crippen LogP contribution in [0.15, 0.2) is 0 Å². The summed E-state index contributed by atoms with van der Waals surface area (Å²) in [5, 5.41) is 0. The molecule has 0 rings (SSSR count). The minimum atomic E-state index is -6.81. The molecule has 39 heavy (non-hydrogen) atoms. The van der Waals surface area contributed by atoms with E-state index in [9.17, 15) is 80.6 Å². The van der Waals surface area contributed by atoms with Crippen molar-refractivity contribution >= 4 is 57.0 Å². The molecule has 0 bridgehead atoms. The fraction of sp³-hybridized carbons (Fsp3) is 0.800. The monoisotopic (exact) mass is 630 g/mol. The van der Waals surface area contributed by atoms with Gasteiger partial charge in [0, 0.05) is 0 Å². The quantitative estimate of drug-likeness (QED) is 0.128. The van der Waals surface area contributed by atoms with Crippen LogP contribution in [0.1, 0.15) is 40.5 Å². The maximum absolute atomic E-state index is 13.5. The van der Waals surface area contributed by atoms with E-state index in [4.69, 9.17) is 0 Å². The van der Waals surface area contributed by atoms with Gasteiger partial charge in [-0.1, -0.05) is 0 Å². The van der Waals surface area contributed by atoms with Crippen LogP contribution in [0.3, 0.4) is 0 Å². The molecule has 0 atom stereocenters. The second-order valence-corrected chi connectivity index (χ2v) is 12.6. The number of rotatable bonds is 14. The molecule has 0 fully saturated rings. The summed E-state index contributed by atoms with van der Waals surface area (Å²) in [6.45, 7) is 4.02. The number of ketones is 4. The predicted molar refractivity (Wildman–Crippen MR) is 104 cm³/mol. The Kier molecular flexibility index (Phi) is 11.4. The van der Waals surface area contributed by atoms with Crippen molar-refractivity contribution in [3.63, 3.8) is 0 Å². The molecule has 0 aromatic rings. The van der Waals surface area contributed by atoms with Crippen LogP contribution in [0, 0.1) is 10.8 Å². The summed E-state index contributed by atoms with van der Waals surface area (Å²) >= 11 is -2.32. The second kappa shape index (κ2) is 11.7. The van der Waals surface area contributed by atoms with Gasteiger partial charge >= 0.3 is 230 Å². The molecule has 0 N–H and O–H groups in total. The first-order valence-electron chi connectivity index (χ1n) is 10.6. The predicted octanol–water partition coefficient (Wildman–Crippen LogP) is 6.30. The molecule has 0 spiro atoms. The van der Waals surface area contributed by atoms with E-state index in [0.29, 0.717) is 0 Å². The fourth-order valence-electron chi connectivity index (χ4n) is 2.95. The normalized spacial score (nSPS) is 14.6. The molecule has 0 unspecified atom stereocenters. The van der Waals surface area contributed by atoms with Gasteiger partial charge < -0.3 is 0 Å². The van der Waals surface area contributed by atoms with Gasteiger partial charge in [-0.2, -0.15) is 0 Å². The maximum atomic E-state index is 13.5. The summed E-state index contributed by atoms with van der Waals surface area (Å²) in [6.07, 6.45) is -17.7. The molecule has 224 valence electrons. The molecule has 19 heteroatoms. The van der Waals surface area contributed by atoms with Crippen LogP contribution in [0.4, 0.5) is 61.5 Å². The molecule has 4 nitrogen and oxygen atoms in total. The van der Waals surface area contributed by atoms with E-state index >= 15 is 0 Å². The Hall–Kier alpha value is -1.04. The van der Waals surface area contributed by atoms with Gasteiger partial charge in [0.15, 0.2) is 0 Å². The van der Waals surface area contributed by atoms with E-state index in [1.807, 2.05) is 0 Å². The number of hydrogen-bond acceptors (Lipinski definition) is 4. The summed E-state index contributed by atoms with van der Waals surface area (Å²) in [4.78, 5) is 47.3. The van der Waals surface area contributed by atoms with Gasteiger partial charge in [0.25, 0.3) is 0 Å². The van der Waals surface area contributed by atoms with E-state index in [1.54, 1.807) is 0 Å². The first kappa shape index (κ1) is 38.0. The Balaban J connectivity index is 5.34. The van der Waals surface area contributed by atoms with E-state index in [0.717, 1.165) is 27.7 Å². The molecule has 0 saturated heterocycles. The van der Waals surface area contributed by atoms with Crippen molar-refractivity contribution < 1.29 is 80.6 Å². The fourth-order valence-corrected chi connectivity index (χ4v) is 6.86. The summed E-state index contributed by atoms with van der Waals surface area (Å²) in [6, 6.07) is 0. The van der Waals surface area contributed by atoms with Crippen molar-refractivity contribution in [2.45, 2.75) is 81.6 Å². The van der Waals surface area contributed by atoms with Gasteiger partial charge in [-0.25, -0.2) is 0 Å². The Bertz CT molecular complexity index is 888. The molecule has 0 radical (unpaired) electrons. The van der Waals surface area contributed by atoms with Crippen molar-refractivity contribution in [1.82, 2.24) is 0 Å². The van der Waals surface area contributed by atoms with Crippen LogP contribution in [-0.4, -0.2) is 93.0 Å². The summed E-state index contributed by atoms with van der Waals surface area (Å²) < 4.78 is 179. The van der Waals surface area contributed by atoms with E-state index < -0.39 is 117 Å². The van der Waals surface area contributed by atoms with Crippen LogP contribution in [-0.2, 0) is 19.2 Å². The third-order valence-electron chi connectivity index (χ3n) is 5.96. The molecule has 0 amide bonds. The number of halogens is 14. The number of carbonyl (C=O) groups excluding carboxylic acids is 4. The van der Waals surface area contributed by atoms with Crippen LogP contribution >= 0.6 is 0 Å². The van der Waals surface area contributed by atoms with Crippen molar-refractivity contribution in [3.05, 3.63) is 0 Å². The summed E-state index contributed by atoms with van der Waals surface area (Å²) in [5.74, 6) is -35.1. The Morgan fingerprint density at radius 2 is 0.692 bits per heavy atom. The van der Waals surface area contributed by atoms with Gasteiger partial charge in [0.1, 0.15) is 0 Å². The van der Waals surface area contributed by atoms with Crippen LogP contribution in [0.25, 0.3) is 0 Å². The first-order chi connectivity index (χ1) is 16.8. The van der Waals surface area contributed by atoms with Crippen molar-refractivity contribution in [1.29, 1.82) is 0 Å². The van der Waals surface area contributed by atoms with Gasteiger partial charge in [0.2, 0.25) is 0 Å². The van der Waals surface area contributed by atoms with Crippen LogP contribution < -0.4 is 0 Å². The van der Waals surface area contributed by atoms with Gasteiger partial charge in [-0.05, 0) is 0 Å². The van der Waals surface area contributed by atoms with Gasteiger partial charge in [-0.3, -0.25) is 0 Å². The summed E-state index contributed by atoms with van der Waals surface area (Å²) in [7, 11) is 0. The Morgan fingerprint density at radius 1 is 0.462 bits per heavy atom. The van der Waals surface area contributed by atoms with Crippen molar-refractivity contribution in [2.24, 2.45) is 10.8 Å². The molecule has 0 aromatic carbocycles. The second-order valence-electron chi connectivity index (χ2n) is 9.96. The molecular formula is C20H20CaF14O4. The average Bonchev–Trinajstić information content (AvgIpc) is 2.70. The summed E-state index contributed by atoms with van der Waals surface area (Å²) in [5.41, 5.74) is -3.56. The van der Waals surface area contributed by atoms with Crippen LogP contribution in [0.5, 0.6) is 0 Å². The molecule has 0 aliphatic carbocycles. The Labute approximate surface area is 229 Å². The van der Waals surface area contributed by atoms with E-state index in [-0.39, 0.29) is 5.04 Å². The van der Waals surface area contributed by atoms with Crippen LogP contribution in [0.2, 0.25) is 5.04 Å². The zero-order chi connectivity index (χ0) is 31.8. The van der Waals surface area contributed by atoms with Gasteiger partial charge in [0.05, 0.1) is 0 Å². The average molecular weight is 630 g/mol. The molecule has 0 saturated carbocycles. The third-order valence-corrected chi connectivity index (χ3v) is 11.0. The number of carbonyl (C=O) groups is 4. The molecule has 0 aliphatic heterocycles. The standard InChI is InChI=1S/2C10H10F7O2.Ca/c2*1-7(2,3)5(18)4-6(19)8(11,12)9(13,14)10(15,16)17;/h2*1,4H2,2-3H3;. The molecule has 0 heterocycles. The molecule has 0 aliphatic rings. The third kappa shape index (κ3) is 8.04. The van der Waals surface area contributed by atoms with Gasteiger partial charge in [-0.15, -0.1) is 0 Å². The zero-order valence-corrected chi connectivity index (χ0v) is 22.7. The SMILES string of the molecule is CC(C)([CH2][Ca][CH2]C(C)(C)C(=O)CC(=O)C(F)(F)C(F)(F)C(F)(F)F)C(=O)CC(=O)C(F)(F)C(F)(F)C(F)(F)F. The van der Waals surface area contributed by atoms with E-state index in [1.165, 1.54) is 0 Å². The zero-order valence-electron chi connectivity index (χ0n) is 20.5. The number of alkyl halides is 14. The minimum absolute atomic E-state index is 0.291. The first-order valence-corrected chi connectivity index (χ1v) is 13.7. The topological polar surface area (TPSA) is 68.3 Å². The number of Topliss-reactive ketones (excluding diaryl/α,β-unsaturated/α-hetero) is 4. The molecular weight excluding hydrogens is 610 g/mol. The molecule has 0 aromatic heterocycles. The Morgan fingerprint density at radius 3 is 0.897 bits per heavy atom.